The lowest BCUT2D eigenvalue weighted by Gasteiger charge is -2.02. The van der Waals surface area contributed by atoms with E-state index >= 15 is 0 Å². The van der Waals surface area contributed by atoms with Gasteiger partial charge in [-0.3, -0.25) is 4.98 Å². The van der Waals surface area contributed by atoms with Crippen LogP contribution in [0.1, 0.15) is 16.1 Å². The molecule has 0 saturated heterocycles. The molecular weight excluding hydrogens is 252 g/mol. The first kappa shape index (κ1) is 12.6. The van der Waals surface area contributed by atoms with Crippen molar-refractivity contribution in [3.8, 4) is 0 Å². The number of hydrogen-bond acceptors (Lipinski definition) is 6. The molecule has 2 aromatic rings. The van der Waals surface area contributed by atoms with E-state index in [2.05, 4.69) is 19.9 Å². The fraction of sp³-hybridized carbons (Fsp3) is 0.273. The maximum absolute atomic E-state index is 11.2. The van der Waals surface area contributed by atoms with Gasteiger partial charge in [-0.05, 0) is 12.1 Å². The van der Waals surface area contributed by atoms with E-state index < -0.39 is 0 Å². The quantitative estimate of drug-likeness (QED) is 0.612. The van der Waals surface area contributed by atoms with Gasteiger partial charge in [0.15, 0.2) is 5.16 Å². The Morgan fingerprint density at radius 1 is 1.50 bits per heavy atom. The Labute approximate surface area is 108 Å². The zero-order valence-corrected chi connectivity index (χ0v) is 10.8. The summed E-state index contributed by atoms with van der Waals surface area (Å²) in [5, 5.41) is 8.58. The average Bonchev–Trinajstić information content (AvgIpc) is 2.81. The van der Waals surface area contributed by atoms with Crippen molar-refractivity contribution < 1.29 is 9.53 Å². The SMILES string of the molecule is COC(=O)c1ccc(CSc2nncn2C)nc1. The van der Waals surface area contributed by atoms with Crippen molar-refractivity contribution in [2.45, 2.75) is 10.9 Å². The smallest absolute Gasteiger partial charge is 0.339 e. The monoisotopic (exact) mass is 264 g/mol. The number of nitrogens with zero attached hydrogens (tertiary/aromatic N) is 4. The molecule has 0 aliphatic heterocycles. The average molecular weight is 264 g/mol. The highest BCUT2D eigenvalue weighted by atomic mass is 32.2. The van der Waals surface area contributed by atoms with Gasteiger partial charge in [0, 0.05) is 19.0 Å². The van der Waals surface area contributed by atoms with E-state index in [1.54, 1.807) is 18.5 Å². The molecule has 0 bridgehead atoms. The molecule has 0 aromatic carbocycles. The second-order valence-electron chi connectivity index (χ2n) is 3.54. The van der Waals surface area contributed by atoms with Crippen molar-refractivity contribution in [3.63, 3.8) is 0 Å². The van der Waals surface area contributed by atoms with Crippen molar-refractivity contribution in [1.29, 1.82) is 0 Å². The van der Waals surface area contributed by atoms with Crippen molar-refractivity contribution in [3.05, 3.63) is 35.9 Å². The first-order valence-electron chi connectivity index (χ1n) is 5.20. The third-order valence-corrected chi connectivity index (χ3v) is 3.33. The van der Waals surface area contributed by atoms with Crippen molar-refractivity contribution in [1.82, 2.24) is 19.7 Å². The van der Waals surface area contributed by atoms with E-state index in [1.165, 1.54) is 25.1 Å². The van der Waals surface area contributed by atoms with Crippen LogP contribution in [0.25, 0.3) is 0 Å². The number of thioether (sulfide) groups is 1. The van der Waals surface area contributed by atoms with Crippen LogP contribution in [0.2, 0.25) is 0 Å². The molecule has 94 valence electrons. The van der Waals surface area contributed by atoms with Gasteiger partial charge in [0.1, 0.15) is 6.33 Å². The molecule has 0 radical (unpaired) electrons. The summed E-state index contributed by atoms with van der Waals surface area (Å²) >= 11 is 1.54. The number of ether oxygens (including phenoxy) is 1. The Morgan fingerprint density at radius 2 is 2.33 bits per heavy atom. The van der Waals surface area contributed by atoms with Crippen molar-refractivity contribution >= 4 is 17.7 Å². The molecule has 2 rings (SSSR count). The molecule has 0 aliphatic rings. The molecule has 0 amide bonds. The summed E-state index contributed by atoms with van der Waals surface area (Å²) in [6.45, 7) is 0. The van der Waals surface area contributed by atoms with Crippen LogP contribution in [-0.2, 0) is 17.5 Å². The number of aromatic nitrogens is 4. The Balaban J connectivity index is 1.98. The van der Waals surface area contributed by atoms with Gasteiger partial charge in [-0.2, -0.15) is 0 Å². The second kappa shape index (κ2) is 5.63. The first-order valence-corrected chi connectivity index (χ1v) is 6.19. The Hall–Kier alpha value is -1.89. The summed E-state index contributed by atoms with van der Waals surface area (Å²) < 4.78 is 6.45. The number of rotatable bonds is 4. The minimum absolute atomic E-state index is 0.380. The first-order chi connectivity index (χ1) is 8.70. The van der Waals surface area contributed by atoms with Crippen LogP contribution in [0, 0.1) is 0 Å². The molecular formula is C11H12N4O2S. The van der Waals surface area contributed by atoms with E-state index in [4.69, 9.17) is 0 Å². The zero-order valence-electron chi connectivity index (χ0n) is 10.0. The number of methoxy groups -OCH3 is 1. The van der Waals surface area contributed by atoms with Gasteiger partial charge < -0.3 is 9.30 Å². The summed E-state index contributed by atoms with van der Waals surface area (Å²) in [5.74, 6) is 0.295. The molecule has 0 unspecified atom stereocenters. The highest BCUT2D eigenvalue weighted by Crippen LogP contribution is 2.18. The van der Waals surface area contributed by atoms with E-state index in [1.807, 2.05) is 11.6 Å². The Morgan fingerprint density at radius 3 is 2.89 bits per heavy atom. The van der Waals surface area contributed by atoms with Gasteiger partial charge in [0.2, 0.25) is 0 Å². The van der Waals surface area contributed by atoms with Crippen LogP contribution in [0.5, 0.6) is 0 Å². The van der Waals surface area contributed by atoms with Crippen LogP contribution >= 0.6 is 11.8 Å². The zero-order chi connectivity index (χ0) is 13.0. The molecule has 6 nitrogen and oxygen atoms in total. The fourth-order valence-electron chi connectivity index (χ4n) is 1.29. The van der Waals surface area contributed by atoms with Gasteiger partial charge in [0.25, 0.3) is 0 Å². The topological polar surface area (TPSA) is 69.9 Å². The van der Waals surface area contributed by atoms with E-state index in [9.17, 15) is 4.79 Å². The predicted molar refractivity (Wildman–Crippen MR) is 66.1 cm³/mol. The van der Waals surface area contributed by atoms with E-state index in [-0.39, 0.29) is 5.97 Å². The predicted octanol–water partition coefficient (Wildman–Crippen LogP) is 1.29. The third kappa shape index (κ3) is 2.86. The second-order valence-corrected chi connectivity index (χ2v) is 4.49. The van der Waals surface area contributed by atoms with Crippen LogP contribution in [0.4, 0.5) is 0 Å². The van der Waals surface area contributed by atoms with Gasteiger partial charge >= 0.3 is 5.97 Å². The fourth-order valence-corrected chi connectivity index (χ4v) is 2.09. The molecule has 0 fully saturated rings. The number of pyridine rings is 1. The minimum atomic E-state index is -0.380. The standard InChI is InChI=1S/C11H12N4O2S/c1-15-7-13-14-11(15)18-6-9-4-3-8(5-12-9)10(16)17-2/h3-5,7H,6H2,1-2H3. The molecule has 0 spiro atoms. The van der Waals surface area contributed by atoms with Gasteiger partial charge in [0.05, 0.1) is 18.4 Å². The number of aryl methyl sites for hydroxylation is 1. The Bertz CT molecular complexity index is 538. The molecule has 2 heterocycles. The van der Waals surface area contributed by atoms with Crippen molar-refractivity contribution in [2.24, 2.45) is 7.05 Å². The molecule has 0 N–H and O–H groups in total. The van der Waals surface area contributed by atoms with Gasteiger partial charge in [-0.25, -0.2) is 4.79 Å². The minimum Gasteiger partial charge on any atom is -0.465 e. The largest absolute Gasteiger partial charge is 0.465 e. The number of carbonyl (C=O) groups is 1. The van der Waals surface area contributed by atoms with E-state index in [0.29, 0.717) is 11.3 Å². The summed E-state index contributed by atoms with van der Waals surface area (Å²) in [6, 6.07) is 3.50. The molecule has 0 saturated carbocycles. The molecule has 7 heteroatoms. The highest BCUT2D eigenvalue weighted by Gasteiger charge is 2.07. The number of hydrogen-bond donors (Lipinski definition) is 0. The number of esters is 1. The van der Waals surface area contributed by atoms with Crippen LogP contribution in [0.3, 0.4) is 0 Å². The summed E-state index contributed by atoms with van der Waals surface area (Å²) in [5.41, 5.74) is 1.32. The lowest BCUT2D eigenvalue weighted by molar-refractivity contribution is 0.0600. The molecule has 18 heavy (non-hydrogen) atoms. The van der Waals surface area contributed by atoms with Crippen LogP contribution in [0.15, 0.2) is 29.8 Å². The molecule has 0 aliphatic carbocycles. The summed E-state index contributed by atoms with van der Waals surface area (Å²) in [7, 11) is 3.23. The molecule has 0 atom stereocenters. The normalized spacial score (nSPS) is 10.3. The highest BCUT2D eigenvalue weighted by molar-refractivity contribution is 7.98. The van der Waals surface area contributed by atoms with E-state index in [0.717, 1.165) is 10.9 Å². The Kier molecular flexibility index (Phi) is 3.93. The maximum Gasteiger partial charge on any atom is 0.339 e. The summed E-state index contributed by atoms with van der Waals surface area (Å²) in [6.07, 6.45) is 3.16. The third-order valence-electron chi connectivity index (χ3n) is 2.26. The lowest BCUT2D eigenvalue weighted by atomic mass is 10.2. The maximum atomic E-state index is 11.2. The van der Waals surface area contributed by atoms with Crippen LogP contribution < -0.4 is 0 Å². The van der Waals surface area contributed by atoms with Gasteiger partial charge in [-0.1, -0.05) is 11.8 Å². The lowest BCUT2D eigenvalue weighted by Crippen LogP contribution is -2.02. The van der Waals surface area contributed by atoms with Crippen LogP contribution in [-0.4, -0.2) is 32.8 Å². The summed E-state index contributed by atoms with van der Waals surface area (Å²) in [4.78, 5) is 15.4. The number of carbonyl (C=O) groups excluding carboxylic acids is 1. The van der Waals surface area contributed by atoms with Crippen molar-refractivity contribution in [2.75, 3.05) is 7.11 Å². The molecule has 2 aromatic heterocycles. The van der Waals surface area contributed by atoms with Gasteiger partial charge in [-0.15, -0.1) is 10.2 Å².